The fourth-order valence-electron chi connectivity index (χ4n) is 4.92. The van der Waals surface area contributed by atoms with Crippen LogP contribution in [-0.2, 0) is 7.05 Å². The zero-order chi connectivity index (χ0) is 22.8. The number of rotatable bonds is 7. The Hall–Kier alpha value is -2.15. The summed E-state index contributed by atoms with van der Waals surface area (Å²) >= 11 is 12.5. The van der Waals surface area contributed by atoms with E-state index in [1.54, 1.807) is 29.9 Å². The lowest BCUT2D eigenvalue weighted by atomic mass is 9.71. The predicted molar refractivity (Wildman–Crippen MR) is 124 cm³/mol. The molecular weight excluding hydrogens is 452 g/mol. The Bertz CT molecular complexity index is 1090. The van der Waals surface area contributed by atoms with Gasteiger partial charge in [-0.15, -0.1) is 0 Å². The standard InChI is InChI=1S/C24H26Cl2FN3O2/c1-3-5-15-11-28-12-16(22(15)14-6-4-7-17(27)8-14)9-20(31)21-10-18(24(26)32-21)23-19(25)13-29-30(23)2/h4,6-8,10,13,15-16,22,28H,3,5,9,11-12H2,1-2H3/t15-,16+,22+/m0/s1. The molecule has 1 aromatic carbocycles. The molecule has 4 rings (SSSR count). The Labute approximate surface area is 196 Å². The molecule has 0 unspecified atom stereocenters. The summed E-state index contributed by atoms with van der Waals surface area (Å²) in [6.45, 7) is 3.69. The molecule has 0 aliphatic carbocycles. The van der Waals surface area contributed by atoms with Gasteiger partial charge >= 0.3 is 0 Å². The Balaban J connectivity index is 1.60. The van der Waals surface area contributed by atoms with E-state index in [1.165, 1.54) is 12.3 Å². The minimum atomic E-state index is -0.253. The number of piperidine rings is 1. The van der Waals surface area contributed by atoms with Crippen molar-refractivity contribution in [1.29, 1.82) is 0 Å². The molecule has 5 nitrogen and oxygen atoms in total. The van der Waals surface area contributed by atoms with Crippen molar-refractivity contribution in [3.05, 3.63) is 63.9 Å². The predicted octanol–water partition coefficient (Wildman–Crippen LogP) is 6.12. The van der Waals surface area contributed by atoms with Gasteiger partial charge in [0.2, 0.25) is 5.22 Å². The first kappa shape index (κ1) is 23.0. The van der Waals surface area contributed by atoms with Crippen LogP contribution in [0.25, 0.3) is 11.3 Å². The van der Waals surface area contributed by atoms with Crippen LogP contribution in [0, 0.1) is 17.7 Å². The fraction of sp³-hybridized carbons (Fsp3) is 0.417. The van der Waals surface area contributed by atoms with Crippen LogP contribution in [-0.4, -0.2) is 28.7 Å². The first-order chi connectivity index (χ1) is 15.4. The number of aryl methyl sites for hydroxylation is 1. The van der Waals surface area contributed by atoms with Crippen LogP contribution in [0.2, 0.25) is 10.2 Å². The number of hydrogen-bond donors (Lipinski definition) is 1. The normalized spacial score (nSPS) is 21.1. The third-order valence-corrected chi connectivity index (χ3v) is 6.84. The summed E-state index contributed by atoms with van der Waals surface area (Å²) in [5.41, 5.74) is 2.08. The van der Waals surface area contributed by atoms with Crippen molar-refractivity contribution >= 4 is 29.0 Å². The van der Waals surface area contributed by atoms with Crippen LogP contribution < -0.4 is 5.32 Å². The number of hydrogen-bond acceptors (Lipinski definition) is 4. The zero-order valence-corrected chi connectivity index (χ0v) is 19.6. The zero-order valence-electron chi connectivity index (χ0n) is 18.1. The van der Waals surface area contributed by atoms with Crippen molar-refractivity contribution in [3.8, 4) is 11.3 Å². The first-order valence-electron chi connectivity index (χ1n) is 10.9. The van der Waals surface area contributed by atoms with Crippen LogP contribution in [0.5, 0.6) is 0 Å². The number of benzene rings is 1. The number of Topliss-reactive ketones (excluding diaryl/α,β-unsaturated/α-hetero) is 1. The van der Waals surface area contributed by atoms with Gasteiger partial charge in [0.05, 0.1) is 22.5 Å². The molecule has 32 heavy (non-hydrogen) atoms. The number of furan rings is 1. The van der Waals surface area contributed by atoms with Crippen LogP contribution in [0.4, 0.5) is 4.39 Å². The molecule has 1 aliphatic rings. The number of nitrogens with zero attached hydrogens (tertiary/aromatic N) is 2. The molecule has 170 valence electrons. The summed E-state index contributed by atoms with van der Waals surface area (Å²) < 4.78 is 21.2. The van der Waals surface area contributed by atoms with E-state index in [0.717, 1.165) is 24.9 Å². The molecule has 3 heterocycles. The van der Waals surface area contributed by atoms with Gasteiger partial charge in [-0.2, -0.15) is 5.10 Å². The second-order valence-corrected chi connectivity index (χ2v) is 9.19. The van der Waals surface area contributed by atoms with Gasteiger partial charge in [0, 0.05) is 13.5 Å². The molecule has 1 aliphatic heterocycles. The third-order valence-electron chi connectivity index (χ3n) is 6.28. The van der Waals surface area contributed by atoms with Crippen LogP contribution in [0.15, 0.2) is 40.9 Å². The molecule has 0 saturated carbocycles. The molecule has 3 aromatic rings. The van der Waals surface area contributed by atoms with E-state index in [-0.39, 0.29) is 40.8 Å². The minimum Gasteiger partial charge on any atom is -0.441 e. The Morgan fingerprint density at radius 3 is 2.75 bits per heavy atom. The monoisotopic (exact) mass is 477 g/mol. The summed E-state index contributed by atoms with van der Waals surface area (Å²) in [5, 5.41) is 8.11. The van der Waals surface area contributed by atoms with Crippen molar-refractivity contribution < 1.29 is 13.6 Å². The molecule has 2 aromatic heterocycles. The number of carbonyl (C=O) groups is 1. The van der Waals surface area contributed by atoms with E-state index < -0.39 is 0 Å². The maximum Gasteiger partial charge on any atom is 0.203 e. The molecule has 1 saturated heterocycles. The molecule has 8 heteroatoms. The van der Waals surface area contributed by atoms with Crippen molar-refractivity contribution in [2.24, 2.45) is 18.9 Å². The fourth-order valence-corrected chi connectivity index (χ4v) is 5.42. The smallest absolute Gasteiger partial charge is 0.203 e. The van der Waals surface area contributed by atoms with Gasteiger partial charge in [-0.3, -0.25) is 9.48 Å². The topological polar surface area (TPSA) is 60.1 Å². The Morgan fingerprint density at radius 2 is 2.06 bits per heavy atom. The number of halogens is 3. The maximum absolute atomic E-state index is 14.0. The Kier molecular flexibility index (Phi) is 7.03. The highest BCUT2D eigenvalue weighted by Crippen LogP contribution is 2.40. The molecule has 1 N–H and O–H groups in total. The molecule has 0 amide bonds. The van der Waals surface area contributed by atoms with Gasteiger partial charge in [-0.25, -0.2) is 4.39 Å². The average molecular weight is 478 g/mol. The number of nitrogens with one attached hydrogen (secondary N) is 1. The highest BCUT2D eigenvalue weighted by molar-refractivity contribution is 6.35. The third kappa shape index (κ3) is 4.63. The molecular formula is C24H26Cl2FN3O2. The second-order valence-electron chi connectivity index (χ2n) is 8.44. The van der Waals surface area contributed by atoms with Crippen molar-refractivity contribution in [3.63, 3.8) is 0 Å². The van der Waals surface area contributed by atoms with Gasteiger partial charge in [-0.05, 0) is 72.6 Å². The van der Waals surface area contributed by atoms with Gasteiger partial charge in [-0.1, -0.05) is 37.1 Å². The van der Waals surface area contributed by atoms with E-state index in [2.05, 4.69) is 17.3 Å². The van der Waals surface area contributed by atoms with E-state index in [0.29, 0.717) is 28.7 Å². The van der Waals surface area contributed by atoms with E-state index >= 15 is 0 Å². The van der Waals surface area contributed by atoms with Crippen LogP contribution in [0.1, 0.15) is 48.2 Å². The largest absolute Gasteiger partial charge is 0.441 e. The van der Waals surface area contributed by atoms with E-state index in [1.807, 2.05) is 6.07 Å². The summed E-state index contributed by atoms with van der Waals surface area (Å²) in [6.07, 6.45) is 3.83. The van der Waals surface area contributed by atoms with Crippen molar-refractivity contribution in [2.45, 2.75) is 32.1 Å². The van der Waals surface area contributed by atoms with Gasteiger partial charge in [0.1, 0.15) is 5.82 Å². The van der Waals surface area contributed by atoms with Gasteiger partial charge in [0.25, 0.3) is 0 Å². The quantitative estimate of drug-likeness (QED) is 0.416. The van der Waals surface area contributed by atoms with E-state index in [9.17, 15) is 9.18 Å². The average Bonchev–Trinajstić information content (AvgIpc) is 3.29. The molecule has 0 spiro atoms. The SMILES string of the molecule is CCC[C@H]1CNC[C@@H](CC(=O)c2cc(-c3c(Cl)cnn3C)c(Cl)o2)[C@@H]1c1cccc(F)c1. The summed E-state index contributed by atoms with van der Waals surface area (Å²) in [4.78, 5) is 13.2. The van der Waals surface area contributed by atoms with Crippen LogP contribution >= 0.6 is 23.2 Å². The lowest BCUT2D eigenvalue weighted by Crippen LogP contribution is -2.43. The highest BCUT2D eigenvalue weighted by Gasteiger charge is 2.36. The number of ketones is 1. The Morgan fingerprint density at radius 1 is 1.28 bits per heavy atom. The lowest BCUT2D eigenvalue weighted by molar-refractivity contribution is 0.0902. The number of aromatic nitrogens is 2. The van der Waals surface area contributed by atoms with Crippen molar-refractivity contribution in [1.82, 2.24) is 15.1 Å². The molecule has 3 atom stereocenters. The molecule has 1 fully saturated rings. The molecule has 0 radical (unpaired) electrons. The lowest BCUT2D eigenvalue weighted by Gasteiger charge is -2.39. The van der Waals surface area contributed by atoms with Crippen molar-refractivity contribution in [2.75, 3.05) is 13.1 Å². The summed E-state index contributed by atoms with van der Waals surface area (Å²) in [7, 11) is 1.75. The first-order valence-corrected chi connectivity index (χ1v) is 11.6. The maximum atomic E-state index is 14.0. The summed E-state index contributed by atoms with van der Waals surface area (Å²) in [6, 6.07) is 8.39. The summed E-state index contributed by atoms with van der Waals surface area (Å²) in [5.74, 6) is 0.239. The minimum absolute atomic E-state index is 0.0159. The second kappa shape index (κ2) is 9.77. The highest BCUT2D eigenvalue weighted by atomic mass is 35.5. The van der Waals surface area contributed by atoms with Crippen LogP contribution in [0.3, 0.4) is 0 Å². The van der Waals surface area contributed by atoms with Gasteiger partial charge in [0.15, 0.2) is 11.5 Å². The number of carbonyl (C=O) groups excluding carboxylic acids is 1. The molecule has 0 bridgehead atoms. The van der Waals surface area contributed by atoms with Gasteiger partial charge < -0.3 is 9.73 Å². The van der Waals surface area contributed by atoms with E-state index in [4.69, 9.17) is 27.6 Å².